The van der Waals surface area contributed by atoms with Crippen molar-refractivity contribution < 1.29 is 9.72 Å². The van der Waals surface area contributed by atoms with Gasteiger partial charge in [0, 0.05) is 37.2 Å². The maximum absolute atomic E-state index is 11.8. The van der Waals surface area contributed by atoms with Gasteiger partial charge in [-0.2, -0.15) is 0 Å². The minimum atomic E-state index is -0.595. The first-order valence-corrected chi connectivity index (χ1v) is 5.60. The molecule has 0 saturated carbocycles. The first-order valence-electron chi connectivity index (χ1n) is 5.60. The number of nitro groups is 1. The normalized spacial score (nSPS) is 14.1. The molecule has 1 amide bonds. The van der Waals surface area contributed by atoms with Gasteiger partial charge < -0.3 is 16.4 Å². The second-order valence-electron chi connectivity index (χ2n) is 4.27. The van der Waals surface area contributed by atoms with Crippen molar-refractivity contribution in [3.63, 3.8) is 0 Å². The highest BCUT2D eigenvalue weighted by atomic mass is 35.5. The number of nitrogens with zero attached hydrogens (tertiary/aromatic N) is 1. The van der Waals surface area contributed by atoms with Gasteiger partial charge in [-0.15, -0.1) is 12.4 Å². The van der Waals surface area contributed by atoms with Crippen LogP contribution in [0, 0.1) is 16.0 Å². The van der Waals surface area contributed by atoms with E-state index in [1.807, 2.05) is 0 Å². The van der Waals surface area contributed by atoms with E-state index in [1.165, 1.54) is 18.2 Å². The smallest absolute Gasteiger partial charge is 0.292 e. The zero-order valence-electron chi connectivity index (χ0n) is 10.1. The topological polar surface area (TPSA) is 110 Å². The molecule has 4 N–H and O–H groups in total. The van der Waals surface area contributed by atoms with Gasteiger partial charge in [0.25, 0.3) is 11.6 Å². The van der Waals surface area contributed by atoms with Crippen LogP contribution in [0.5, 0.6) is 0 Å². The third-order valence-electron chi connectivity index (χ3n) is 2.91. The number of carbonyl (C=O) groups is 1. The molecule has 0 aliphatic carbocycles. The molecular formula is C11H15ClN4O3. The van der Waals surface area contributed by atoms with Crippen molar-refractivity contribution in [2.75, 3.05) is 25.4 Å². The fraction of sp³-hybridized carbons (Fsp3) is 0.364. The third-order valence-corrected chi connectivity index (χ3v) is 2.91. The second-order valence-corrected chi connectivity index (χ2v) is 4.27. The minimum Gasteiger partial charge on any atom is -0.393 e. The van der Waals surface area contributed by atoms with E-state index in [4.69, 9.17) is 5.73 Å². The second kappa shape index (κ2) is 6.35. The van der Waals surface area contributed by atoms with E-state index in [0.717, 1.165) is 13.1 Å². The lowest BCUT2D eigenvalue weighted by Gasteiger charge is -2.27. The van der Waals surface area contributed by atoms with Crippen LogP contribution in [0.4, 0.5) is 11.4 Å². The average Bonchev–Trinajstić information content (AvgIpc) is 2.26. The fourth-order valence-electron chi connectivity index (χ4n) is 1.67. The Kier molecular flexibility index (Phi) is 5.08. The predicted molar refractivity (Wildman–Crippen MR) is 73.4 cm³/mol. The molecule has 19 heavy (non-hydrogen) atoms. The molecule has 1 aliphatic heterocycles. The molecule has 1 aromatic carbocycles. The van der Waals surface area contributed by atoms with Gasteiger partial charge in [-0.25, -0.2) is 0 Å². The molecule has 1 aromatic rings. The number of benzene rings is 1. The first kappa shape index (κ1) is 15.2. The summed E-state index contributed by atoms with van der Waals surface area (Å²) in [5.41, 5.74) is 5.53. The average molecular weight is 287 g/mol. The van der Waals surface area contributed by atoms with Crippen LogP contribution < -0.4 is 16.4 Å². The molecule has 2 rings (SSSR count). The standard InChI is InChI=1S/C11H14N4O3.ClH/c12-9-2-1-8(3-10(9)15(17)18)11(16)14-6-7-4-13-5-7;/h1-3,7,13H,4-6,12H2,(H,14,16);1H. The largest absolute Gasteiger partial charge is 0.393 e. The molecule has 0 radical (unpaired) electrons. The summed E-state index contributed by atoms with van der Waals surface area (Å²) in [6, 6.07) is 4.05. The number of amides is 1. The van der Waals surface area contributed by atoms with Crippen LogP contribution >= 0.6 is 12.4 Å². The van der Waals surface area contributed by atoms with E-state index in [-0.39, 0.29) is 35.3 Å². The number of hydrogen-bond acceptors (Lipinski definition) is 5. The lowest BCUT2D eigenvalue weighted by molar-refractivity contribution is -0.383. The van der Waals surface area contributed by atoms with Crippen LogP contribution in [0.2, 0.25) is 0 Å². The third kappa shape index (κ3) is 3.55. The summed E-state index contributed by atoms with van der Waals surface area (Å²) in [7, 11) is 0. The Hall–Kier alpha value is -1.86. The molecule has 1 saturated heterocycles. The van der Waals surface area contributed by atoms with E-state index >= 15 is 0 Å². The molecule has 0 atom stereocenters. The lowest BCUT2D eigenvalue weighted by atomic mass is 10.0. The van der Waals surface area contributed by atoms with Crippen LogP contribution in [0.3, 0.4) is 0 Å². The van der Waals surface area contributed by atoms with Crippen molar-refractivity contribution in [2.45, 2.75) is 0 Å². The van der Waals surface area contributed by atoms with Gasteiger partial charge in [0.2, 0.25) is 0 Å². The van der Waals surface area contributed by atoms with Gasteiger partial charge in [0.05, 0.1) is 4.92 Å². The van der Waals surface area contributed by atoms with E-state index in [1.54, 1.807) is 0 Å². The summed E-state index contributed by atoms with van der Waals surface area (Å²) in [6.45, 7) is 2.36. The summed E-state index contributed by atoms with van der Waals surface area (Å²) in [4.78, 5) is 21.9. The Labute approximate surface area is 116 Å². The molecule has 0 spiro atoms. The number of hydrogen-bond donors (Lipinski definition) is 3. The zero-order valence-corrected chi connectivity index (χ0v) is 10.9. The van der Waals surface area contributed by atoms with Crippen LogP contribution in [0.1, 0.15) is 10.4 Å². The van der Waals surface area contributed by atoms with Crippen molar-refractivity contribution in [3.8, 4) is 0 Å². The van der Waals surface area contributed by atoms with E-state index < -0.39 is 4.92 Å². The van der Waals surface area contributed by atoms with Crippen molar-refractivity contribution in [2.24, 2.45) is 5.92 Å². The molecule has 1 aliphatic rings. The monoisotopic (exact) mass is 286 g/mol. The van der Waals surface area contributed by atoms with Gasteiger partial charge in [0.15, 0.2) is 0 Å². The Morgan fingerprint density at radius 3 is 2.74 bits per heavy atom. The summed E-state index contributed by atoms with van der Waals surface area (Å²) in [6.07, 6.45) is 0. The molecule has 0 unspecified atom stereocenters. The number of nitro benzene ring substituents is 1. The molecule has 7 nitrogen and oxygen atoms in total. The molecule has 1 heterocycles. The van der Waals surface area contributed by atoms with Gasteiger partial charge in [0.1, 0.15) is 5.69 Å². The molecule has 1 fully saturated rings. The highest BCUT2D eigenvalue weighted by Crippen LogP contribution is 2.22. The van der Waals surface area contributed by atoms with Crippen LogP contribution in [0.15, 0.2) is 18.2 Å². The Balaban J connectivity index is 0.00000180. The maximum Gasteiger partial charge on any atom is 0.292 e. The summed E-state index contributed by atoms with van der Waals surface area (Å²) < 4.78 is 0. The number of rotatable bonds is 4. The van der Waals surface area contributed by atoms with Crippen molar-refractivity contribution in [1.82, 2.24) is 10.6 Å². The van der Waals surface area contributed by atoms with Gasteiger partial charge in [-0.3, -0.25) is 14.9 Å². The Bertz CT molecular complexity index is 491. The van der Waals surface area contributed by atoms with Gasteiger partial charge in [-0.1, -0.05) is 0 Å². The number of carbonyl (C=O) groups excluding carboxylic acids is 1. The molecule has 0 aromatic heterocycles. The predicted octanol–water partition coefficient (Wildman–Crippen LogP) is 0.548. The fourth-order valence-corrected chi connectivity index (χ4v) is 1.67. The quantitative estimate of drug-likeness (QED) is 0.425. The van der Waals surface area contributed by atoms with Crippen LogP contribution in [-0.2, 0) is 0 Å². The summed E-state index contributed by atoms with van der Waals surface area (Å²) in [5, 5.41) is 16.5. The minimum absolute atomic E-state index is 0. The van der Waals surface area contributed by atoms with E-state index in [0.29, 0.717) is 12.5 Å². The van der Waals surface area contributed by atoms with Crippen LogP contribution in [-0.4, -0.2) is 30.5 Å². The lowest BCUT2D eigenvalue weighted by Crippen LogP contribution is -2.48. The maximum atomic E-state index is 11.8. The summed E-state index contributed by atoms with van der Waals surface area (Å²) >= 11 is 0. The van der Waals surface area contributed by atoms with Crippen molar-refractivity contribution in [1.29, 1.82) is 0 Å². The number of nitrogen functional groups attached to an aromatic ring is 1. The van der Waals surface area contributed by atoms with Crippen molar-refractivity contribution >= 4 is 29.7 Å². The number of nitrogens with two attached hydrogens (primary N) is 1. The number of nitrogens with one attached hydrogen (secondary N) is 2. The first-order chi connectivity index (χ1) is 8.58. The molecular weight excluding hydrogens is 272 g/mol. The highest BCUT2D eigenvalue weighted by molar-refractivity contribution is 5.95. The van der Waals surface area contributed by atoms with Gasteiger partial charge >= 0.3 is 0 Å². The molecule has 0 bridgehead atoms. The van der Waals surface area contributed by atoms with E-state index in [2.05, 4.69) is 10.6 Å². The molecule has 8 heteroatoms. The number of halogens is 1. The Morgan fingerprint density at radius 1 is 1.53 bits per heavy atom. The van der Waals surface area contributed by atoms with E-state index in [9.17, 15) is 14.9 Å². The van der Waals surface area contributed by atoms with Crippen molar-refractivity contribution in [3.05, 3.63) is 33.9 Å². The SMILES string of the molecule is Cl.Nc1ccc(C(=O)NCC2CNC2)cc1[N+](=O)[O-]. The zero-order chi connectivity index (χ0) is 13.1. The molecule has 104 valence electrons. The summed E-state index contributed by atoms with van der Waals surface area (Å²) in [5.74, 6) is 0.128. The Morgan fingerprint density at radius 2 is 2.21 bits per heavy atom. The van der Waals surface area contributed by atoms with Crippen LogP contribution in [0.25, 0.3) is 0 Å². The van der Waals surface area contributed by atoms with Gasteiger partial charge in [-0.05, 0) is 12.1 Å². The highest BCUT2D eigenvalue weighted by Gasteiger charge is 2.19. The number of anilines is 1.